The van der Waals surface area contributed by atoms with Crippen molar-refractivity contribution < 1.29 is 33.1 Å². The summed E-state index contributed by atoms with van der Waals surface area (Å²) in [4.78, 5) is 62.2. The Morgan fingerprint density at radius 1 is 0.886 bits per heavy atom. The molecule has 0 saturated heterocycles. The first-order valence-corrected chi connectivity index (χ1v) is 17.0. The number of carbonyl (C=O) groups excluding carboxylic acids is 4. The van der Waals surface area contributed by atoms with Crippen LogP contribution in [-0.4, -0.2) is 52.6 Å². The molecule has 44 heavy (non-hydrogen) atoms. The lowest BCUT2D eigenvalue weighted by atomic mass is 10.0. The number of amides is 4. The average molecular weight is 690 g/mol. The molecule has 3 rings (SSSR count). The van der Waals surface area contributed by atoms with Gasteiger partial charge in [-0.1, -0.05) is 74.0 Å². The minimum absolute atomic E-state index is 0.0301. The van der Waals surface area contributed by atoms with Crippen molar-refractivity contribution in [2.24, 2.45) is 5.73 Å². The molecule has 2 unspecified atom stereocenters. The molecule has 3 aromatic rings. The molecule has 0 bridgehead atoms. The summed E-state index contributed by atoms with van der Waals surface area (Å²) in [5.41, 5.74) is 7.30. The zero-order valence-electron chi connectivity index (χ0n) is 24.4. The lowest BCUT2D eigenvalue weighted by Crippen LogP contribution is -2.53. The number of hydrogen-bond donors (Lipinski definition) is 5. The average Bonchev–Trinajstić information content (AvgIpc) is 3.43. The van der Waals surface area contributed by atoms with Gasteiger partial charge in [-0.2, -0.15) is 0 Å². The van der Waals surface area contributed by atoms with Crippen LogP contribution >= 0.6 is 23.3 Å². The third-order valence-corrected chi connectivity index (χ3v) is 9.37. The zero-order valence-corrected chi connectivity index (χ0v) is 26.9. The van der Waals surface area contributed by atoms with E-state index in [4.69, 9.17) is 10.2 Å². The fraction of sp³-hybridized carbons (Fsp3) is 0.355. The second kappa shape index (κ2) is 16.9. The van der Waals surface area contributed by atoms with E-state index in [9.17, 15) is 28.6 Å². The summed E-state index contributed by atoms with van der Waals surface area (Å²) in [6.45, 7) is 1.81. The third-order valence-electron chi connectivity index (χ3n) is 6.91. The molecule has 1 heterocycles. The van der Waals surface area contributed by atoms with Gasteiger partial charge >= 0.3 is 0 Å². The molecular weight excluding hydrogens is 651 g/mol. The molecule has 0 radical (unpaired) electrons. The molecule has 0 aliphatic rings. The van der Waals surface area contributed by atoms with Crippen LogP contribution in [0.15, 0.2) is 81.9 Å². The van der Waals surface area contributed by atoms with E-state index in [1.165, 1.54) is 12.1 Å². The summed E-state index contributed by atoms with van der Waals surface area (Å²) in [6.07, 6.45) is 1.45. The van der Waals surface area contributed by atoms with E-state index in [1.54, 1.807) is 30.3 Å². The van der Waals surface area contributed by atoms with Crippen LogP contribution < -0.4 is 21.7 Å². The van der Waals surface area contributed by atoms with Crippen LogP contribution in [0.2, 0.25) is 0 Å². The first kappa shape index (κ1) is 34.8. The highest BCUT2D eigenvalue weighted by Gasteiger charge is 2.36. The van der Waals surface area contributed by atoms with Crippen LogP contribution in [0.4, 0.5) is 0 Å². The summed E-state index contributed by atoms with van der Waals surface area (Å²) in [7, 11) is -4.39. The van der Waals surface area contributed by atoms with Crippen LogP contribution in [0.1, 0.15) is 54.3 Å². The number of nitrogens with two attached hydrogens (primary N) is 1. The number of halogens is 1. The smallest absolute Gasteiger partial charge is 0.287 e. The number of primary amides is 1. The second-order valence-corrected chi connectivity index (χ2v) is 13.7. The minimum atomic E-state index is -4.39. The lowest BCUT2D eigenvalue weighted by molar-refractivity contribution is -0.131. The van der Waals surface area contributed by atoms with Gasteiger partial charge in [0.1, 0.15) is 24.0 Å². The molecule has 1 aromatic heterocycles. The third kappa shape index (κ3) is 11.1. The van der Waals surface area contributed by atoms with E-state index in [0.717, 1.165) is 5.56 Å². The number of benzene rings is 2. The maximum absolute atomic E-state index is 13.6. The van der Waals surface area contributed by atoms with Crippen LogP contribution in [0, 0.1) is 0 Å². The van der Waals surface area contributed by atoms with Gasteiger partial charge in [0.2, 0.25) is 25.1 Å². The summed E-state index contributed by atoms with van der Waals surface area (Å²) in [5, 5.41) is 7.70. The number of rotatable bonds is 17. The van der Waals surface area contributed by atoms with Crippen LogP contribution in [0.3, 0.4) is 0 Å². The van der Waals surface area contributed by atoms with Crippen molar-refractivity contribution in [1.29, 1.82) is 0 Å². The zero-order chi connectivity index (χ0) is 32.1. The van der Waals surface area contributed by atoms with E-state index < -0.39 is 55.0 Å². The molecule has 6 N–H and O–H groups in total. The van der Waals surface area contributed by atoms with Crippen LogP contribution in [-0.2, 0) is 31.8 Å². The molecule has 0 aliphatic carbocycles. The van der Waals surface area contributed by atoms with Crippen molar-refractivity contribution in [2.45, 2.75) is 63.3 Å². The van der Waals surface area contributed by atoms with E-state index in [-0.39, 0.29) is 18.6 Å². The van der Waals surface area contributed by atoms with E-state index in [2.05, 4.69) is 31.9 Å². The van der Waals surface area contributed by atoms with Crippen LogP contribution in [0.25, 0.3) is 0 Å². The Balaban J connectivity index is 1.66. The number of aryl methyl sites for hydroxylation is 1. The Morgan fingerprint density at radius 3 is 2.09 bits per heavy atom. The van der Waals surface area contributed by atoms with Crippen molar-refractivity contribution in [2.75, 3.05) is 6.16 Å². The highest BCUT2D eigenvalue weighted by atomic mass is 79.9. The van der Waals surface area contributed by atoms with Crippen molar-refractivity contribution >= 4 is 46.9 Å². The van der Waals surface area contributed by atoms with Gasteiger partial charge in [0.25, 0.3) is 5.91 Å². The lowest BCUT2D eigenvalue weighted by Gasteiger charge is -2.25. The molecule has 0 saturated carbocycles. The summed E-state index contributed by atoms with van der Waals surface area (Å²) >= 11 is 3.12. The molecule has 13 heteroatoms. The highest BCUT2D eigenvalue weighted by molar-refractivity contribution is 9.10. The Bertz CT molecular complexity index is 1450. The van der Waals surface area contributed by atoms with Crippen molar-refractivity contribution in [3.8, 4) is 0 Å². The first-order chi connectivity index (χ1) is 21.0. The van der Waals surface area contributed by atoms with E-state index >= 15 is 0 Å². The largest absolute Gasteiger partial charge is 0.444 e. The predicted molar refractivity (Wildman–Crippen MR) is 170 cm³/mol. The summed E-state index contributed by atoms with van der Waals surface area (Å²) in [5.74, 6) is -4.29. The quantitative estimate of drug-likeness (QED) is 0.133. The van der Waals surface area contributed by atoms with Gasteiger partial charge < -0.3 is 31.0 Å². The Morgan fingerprint density at radius 2 is 1.52 bits per heavy atom. The Labute approximate surface area is 264 Å². The first-order valence-electron chi connectivity index (χ1n) is 14.3. The normalized spacial score (nSPS) is 14.4. The van der Waals surface area contributed by atoms with Crippen LogP contribution in [0.5, 0.6) is 0 Å². The predicted octanol–water partition coefficient (Wildman–Crippen LogP) is 3.89. The van der Waals surface area contributed by atoms with Gasteiger partial charge in [-0.15, -0.1) is 0 Å². The Hall–Kier alpha value is -3.73. The number of carbonyl (C=O) groups is 4. The monoisotopic (exact) mass is 688 g/mol. The second-order valence-electron chi connectivity index (χ2n) is 10.4. The standard InChI is InChI=1S/C31H38BrN4O7P/c1-2-10-24(30(39)35-23(29(33)38)16-9-15-21-11-5-3-6-12-21)34-27(37)20-44(41,42)28(19-22-13-7-4-8-14-22)36-31(40)25-17-18-26(32)43-25/h3-8,11-14,17-18,23-24,28H,2,9-10,15-16,19-20H2,1H3,(H2,33,38)(H,34,37)(H,35,39)(H,36,40)(H,41,42)/t23-,24-,28?/m0/s1. The summed E-state index contributed by atoms with van der Waals surface area (Å²) < 4.78 is 19.2. The molecule has 4 atom stereocenters. The fourth-order valence-corrected chi connectivity index (χ4v) is 6.46. The molecule has 4 amide bonds. The van der Waals surface area contributed by atoms with Gasteiger partial charge in [0, 0.05) is 6.42 Å². The maximum Gasteiger partial charge on any atom is 0.287 e. The van der Waals surface area contributed by atoms with E-state index in [1.807, 2.05) is 37.3 Å². The topological polar surface area (TPSA) is 181 Å². The van der Waals surface area contributed by atoms with Crippen molar-refractivity contribution in [3.05, 3.63) is 94.4 Å². The fourth-order valence-electron chi connectivity index (χ4n) is 4.62. The van der Waals surface area contributed by atoms with Crippen molar-refractivity contribution in [3.63, 3.8) is 0 Å². The van der Waals surface area contributed by atoms with Gasteiger partial charge in [-0.3, -0.25) is 23.7 Å². The van der Waals surface area contributed by atoms with Gasteiger partial charge in [-0.25, -0.2) is 0 Å². The SMILES string of the molecule is CCC[C@H](NC(=O)CP(=O)(O)C(Cc1ccccc1)NC(=O)c1ccc(Br)o1)C(=O)N[C@@H](CCCc1ccccc1)C(N)=O. The molecule has 11 nitrogen and oxygen atoms in total. The Kier molecular flexibility index (Phi) is 13.4. The molecule has 236 valence electrons. The molecule has 2 aromatic carbocycles. The molecule has 0 spiro atoms. The maximum atomic E-state index is 13.6. The highest BCUT2D eigenvalue weighted by Crippen LogP contribution is 2.46. The number of nitrogens with one attached hydrogen (secondary N) is 3. The molecular formula is C31H38BrN4O7P. The minimum Gasteiger partial charge on any atom is -0.444 e. The molecule has 0 fully saturated rings. The van der Waals surface area contributed by atoms with E-state index in [0.29, 0.717) is 35.9 Å². The summed E-state index contributed by atoms with van der Waals surface area (Å²) in [6, 6.07) is 19.4. The van der Waals surface area contributed by atoms with Gasteiger partial charge in [0.15, 0.2) is 10.4 Å². The van der Waals surface area contributed by atoms with Crippen molar-refractivity contribution in [1.82, 2.24) is 16.0 Å². The number of furan rings is 1. The van der Waals surface area contributed by atoms with Gasteiger partial charge in [-0.05, 0) is 64.9 Å². The molecule has 0 aliphatic heterocycles. The van der Waals surface area contributed by atoms with Gasteiger partial charge in [0.05, 0.1) is 0 Å². The number of hydrogen-bond acceptors (Lipinski definition) is 6.